The van der Waals surface area contributed by atoms with Crippen LogP contribution in [0.25, 0.3) is 0 Å². The van der Waals surface area contributed by atoms with Gasteiger partial charge in [0.15, 0.2) is 17.8 Å². The maximum atomic E-state index is 8.99. The minimum Gasteiger partial charge on any atom is -0.493 e. The molecule has 2 N–H and O–H groups in total. The molecule has 0 aliphatic rings. The van der Waals surface area contributed by atoms with Crippen LogP contribution in [-0.2, 0) is 0 Å². The molecule has 5 nitrogen and oxygen atoms in total. The summed E-state index contributed by atoms with van der Waals surface area (Å²) in [6.45, 7) is 6.68. The van der Waals surface area contributed by atoms with Crippen molar-refractivity contribution in [2.45, 2.75) is 27.1 Å². The summed E-state index contributed by atoms with van der Waals surface area (Å²) in [6, 6.07) is 1.45. The van der Waals surface area contributed by atoms with E-state index in [0.29, 0.717) is 18.1 Å². The van der Waals surface area contributed by atoms with Gasteiger partial charge in [-0.25, -0.2) is 0 Å². The number of rotatable bonds is 4. The van der Waals surface area contributed by atoms with E-state index in [1.54, 1.807) is 0 Å². The monoisotopic (exact) mass is 241 g/mol. The Bertz CT molecular complexity index is 371. The van der Waals surface area contributed by atoms with Crippen LogP contribution in [0, 0.1) is 5.41 Å². The molecule has 17 heavy (non-hydrogen) atoms. The zero-order valence-electron chi connectivity index (χ0n) is 10.6. The Balaban J connectivity index is 2.86. The van der Waals surface area contributed by atoms with E-state index in [1.807, 2.05) is 0 Å². The second kappa shape index (κ2) is 5.33. The molecular weight excluding hydrogens is 222 g/mol. The van der Waals surface area contributed by atoms with E-state index in [2.05, 4.69) is 25.8 Å². The summed E-state index contributed by atoms with van der Waals surface area (Å²) in [5.41, 5.74) is 0.158. The zero-order valence-corrected chi connectivity index (χ0v) is 10.6. The summed E-state index contributed by atoms with van der Waals surface area (Å²) >= 11 is 0. The molecule has 0 amide bonds. The van der Waals surface area contributed by atoms with Crippen LogP contribution < -0.4 is 9.47 Å². The van der Waals surface area contributed by atoms with Crippen molar-refractivity contribution in [1.82, 2.24) is 4.98 Å². The minimum atomic E-state index is -1.61. The van der Waals surface area contributed by atoms with Crippen molar-refractivity contribution < 1.29 is 19.7 Å². The normalized spacial score (nSPS) is 11.7. The Morgan fingerprint density at radius 2 is 1.94 bits per heavy atom. The summed E-state index contributed by atoms with van der Waals surface area (Å²) < 4.78 is 10.7. The molecule has 5 heteroatoms. The van der Waals surface area contributed by atoms with E-state index in [9.17, 15) is 0 Å². The lowest BCUT2D eigenvalue weighted by Gasteiger charge is -2.20. The lowest BCUT2D eigenvalue weighted by molar-refractivity contribution is -0.0460. The Labute approximate surface area is 101 Å². The highest BCUT2D eigenvalue weighted by molar-refractivity contribution is 5.39. The Hall–Kier alpha value is -1.33. The third-order valence-corrected chi connectivity index (χ3v) is 2.00. The first kappa shape index (κ1) is 13.7. The van der Waals surface area contributed by atoms with Crippen LogP contribution in [0.1, 0.15) is 32.8 Å². The second-order valence-corrected chi connectivity index (χ2v) is 4.98. The molecule has 0 bridgehead atoms. The third-order valence-electron chi connectivity index (χ3n) is 2.00. The van der Waals surface area contributed by atoms with Crippen LogP contribution in [0.5, 0.6) is 11.5 Å². The molecule has 0 aromatic carbocycles. The van der Waals surface area contributed by atoms with E-state index >= 15 is 0 Å². The van der Waals surface area contributed by atoms with E-state index < -0.39 is 6.29 Å². The third kappa shape index (κ3) is 4.20. The van der Waals surface area contributed by atoms with Crippen molar-refractivity contribution in [3.05, 3.63) is 18.0 Å². The largest absolute Gasteiger partial charge is 0.493 e. The molecule has 1 heterocycles. The predicted molar refractivity (Wildman–Crippen MR) is 62.9 cm³/mol. The molecule has 0 atom stereocenters. The fraction of sp³-hybridized carbons (Fsp3) is 0.583. The molecule has 0 saturated carbocycles. The molecule has 0 spiro atoms. The van der Waals surface area contributed by atoms with Gasteiger partial charge in [0.25, 0.3) is 0 Å². The fourth-order valence-corrected chi connectivity index (χ4v) is 1.14. The Morgan fingerprint density at radius 3 is 2.41 bits per heavy atom. The van der Waals surface area contributed by atoms with Crippen LogP contribution in [0.3, 0.4) is 0 Å². The molecule has 0 radical (unpaired) electrons. The molecule has 0 saturated heterocycles. The van der Waals surface area contributed by atoms with Crippen molar-refractivity contribution >= 4 is 0 Å². The van der Waals surface area contributed by atoms with Crippen molar-refractivity contribution in [1.29, 1.82) is 0 Å². The quantitative estimate of drug-likeness (QED) is 0.781. The van der Waals surface area contributed by atoms with Crippen LogP contribution in [0.15, 0.2) is 12.3 Å². The van der Waals surface area contributed by atoms with Crippen LogP contribution in [0.4, 0.5) is 0 Å². The highest BCUT2D eigenvalue weighted by Gasteiger charge is 2.15. The highest BCUT2D eigenvalue weighted by Crippen LogP contribution is 2.29. The molecule has 0 unspecified atom stereocenters. The number of aromatic nitrogens is 1. The minimum absolute atomic E-state index is 0.0280. The maximum absolute atomic E-state index is 8.99. The fourth-order valence-electron chi connectivity index (χ4n) is 1.14. The van der Waals surface area contributed by atoms with Crippen molar-refractivity contribution in [3.8, 4) is 11.5 Å². The Kier molecular flexibility index (Phi) is 4.31. The van der Waals surface area contributed by atoms with Crippen molar-refractivity contribution in [2.75, 3.05) is 13.7 Å². The van der Waals surface area contributed by atoms with Gasteiger partial charge in [-0.15, -0.1) is 0 Å². The van der Waals surface area contributed by atoms with Gasteiger partial charge in [-0.1, -0.05) is 20.8 Å². The maximum Gasteiger partial charge on any atom is 0.196 e. The average molecular weight is 241 g/mol. The summed E-state index contributed by atoms with van der Waals surface area (Å²) in [5.74, 6) is 0.930. The molecule has 1 aromatic rings. The standard InChI is InChI=1S/C12H19NO4/c1-12(2,3)7-17-10-6-13-8(11(14)15)5-9(10)16-4/h5-6,11,14-15H,7H2,1-4H3. The molecule has 96 valence electrons. The van der Waals surface area contributed by atoms with Crippen LogP contribution in [0.2, 0.25) is 0 Å². The van der Waals surface area contributed by atoms with Crippen LogP contribution >= 0.6 is 0 Å². The first-order chi connectivity index (χ1) is 7.83. The number of nitrogens with zero attached hydrogens (tertiary/aromatic N) is 1. The summed E-state index contributed by atoms with van der Waals surface area (Å²) in [7, 11) is 1.49. The smallest absolute Gasteiger partial charge is 0.196 e. The van der Waals surface area contributed by atoms with Crippen molar-refractivity contribution in [3.63, 3.8) is 0 Å². The number of hydrogen-bond acceptors (Lipinski definition) is 5. The average Bonchev–Trinajstić information content (AvgIpc) is 2.24. The number of aliphatic hydroxyl groups excluding tert-OH is 1. The van der Waals surface area contributed by atoms with Gasteiger partial charge in [0.05, 0.1) is 25.6 Å². The molecule has 0 aliphatic carbocycles. The lowest BCUT2D eigenvalue weighted by Crippen LogP contribution is -2.17. The summed E-state index contributed by atoms with van der Waals surface area (Å²) in [6.07, 6.45) is -0.181. The topological polar surface area (TPSA) is 71.8 Å². The SMILES string of the molecule is COc1cc(C(O)O)ncc1OCC(C)(C)C. The van der Waals surface area contributed by atoms with E-state index in [-0.39, 0.29) is 11.1 Å². The van der Waals surface area contributed by atoms with Gasteiger partial charge in [0, 0.05) is 6.07 Å². The Morgan fingerprint density at radius 1 is 1.29 bits per heavy atom. The van der Waals surface area contributed by atoms with Gasteiger partial charge in [0.2, 0.25) is 0 Å². The first-order valence-electron chi connectivity index (χ1n) is 5.36. The zero-order chi connectivity index (χ0) is 13.1. The number of ether oxygens (including phenoxy) is 2. The molecule has 0 fully saturated rings. The van der Waals surface area contributed by atoms with E-state index in [0.717, 1.165) is 0 Å². The van der Waals surface area contributed by atoms with Gasteiger partial charge < -0.3 is 19.7 Å². The number of pyridine rings is 1. The van der Waals surface area contributed by atoms with Gasteiger partial charge in [-0.3, -0.25) is 4.98 Å². The summed E-state index contributed by atoms with van der Waals surface area (Å²) in [5, 5.41) is 18.0. The number of hydrogen-bond donors (Lipinski definition) is 2. The lowest BCUT2D eigenvalue weighted by atomic mass is 9.99. The van der Waals surface area contributed by atoms with Gasteiger partial charge in [0.1, 0.15) is 0 Å². The highest BCUT2D eigenvalue weighted by atomic mass is 16.5. The van der Waals surface area contributed by atoms with Gasteiger partial charge >= 0.3 is 0 Å². The van der Waals surface area contributed by atoms with Crippen LogP contribution in [-0.4, -0.2) is 28.9 Å². The predicted octanol–water partition coefficient (Wildman–Crippen LogP) is 1.50. The molecule has 1 rings (SSSR count). The molecule has 0 aliphatic heterocycles. The van der Waals surface area contributed by atoms with E-state index in [4.69, 9.17) is 19.7 Å². The second-order valence-electron chi connectivity index (χ2n) is 4.98. The van der Waals surface area contributed by atoms with Gasteiger partial charge in [-0.2, -0.15) is 0 Å². The summed E-state index contributed by atoms with van der Waals surface area (Å²) in [4.78, 5) is 3.88. The number of aliphatic hydroxyl groups is 2. The first-order valence-corrected chi connectivity index (χ1v) is 5.36. The van der Waals surface area contributed by atoms with Crippen molar-refractivity contribution in [2.24, 2.45) is 5.41 Å². The van der Waals surface area contributed by atoms with Gasteiger partial charge in [-0.05, 0) is 5.41 Å². The molecule has 1 aromatic heterocycles. The number of methoxy groups -OCH3 is 1. The van der Waals surface area contributed by atoms with E-state index in [1.165, 1.54) is 19.4 Å². The molecular formula is C12H19NO4.